The van der Waals surface area contributed by atoms with Gasteiger partial charge in [-0.3, -0.25) is 10.1 Å². The molecule has 0 aromatic carbocycles. The Morgan fingerprint density at radius 3 is 2.75 bits per heavy atom. The van der Waals surface area contributed by atoms with Crippen LogP contribution in [0.2, 0.25) is 0 Å². The Morgan fingerprint density at radius 1 is 1.45 bits per heavy atom. The predicted molar refractivity (Wildman–Crippen MR) is 71.3 cm³/mol. The maximum Gasteiger partial charge on any atom is 0.406 e. The SMILES string of the molecule is CCCCC1NC(c2ccsc2)N(CC(F)(F)F)C1=O. The Labute approximate surface area is 119 Å². The fourth-order valence-electron chi connectivity index (χ4n) is 2.36. The van der Waals surface area contributed by atoms with Crippen molar-refractivity contribution in [3.05, 3.63) is 22.4 Å². The number of rotatable bonds is 5. The second-order valence-corrected chi connectivity index (χ2v) is 5.68. The third-order valence-corrected chi connectivity index (χ3v) is 4.01. The minimum absolute atomic E-state index is 0.452. The minimum Gasteiger partial charge on any atom is -0.312 e. The maximum atomic E-state index is 12.7. The lowest BCUT2D eigenvalue weighted by Crippen LogP contribution is -2.38. The number of hydrogen-bond donors (Lipinski definition) is 1. The summed E-state index contributed by atoms with van der Waals surface area (Å²) in [6, 6.07) is 1.24. The molecule has 2 rings (SSSR count). The van der Waals surface area contributed by atoms with Gasteiger partial charge in [-0.25, -0.2) is 0 Å². The molecule has 0 bridgehead atoms. The van der Waals surface area contributed by atoms with Crippen molar-refractivity contribution >= 4 is 17.2 Å². The van der Waals surface area contributed by atoms with Gasteiger partial charge >= 0.3 is 6.18 Å². The van der Waals surface area contributed by atoms with Crippen LogP contribution < -0.4 is 5.32 Å². The van der Waals surface area contributed by atoms with Gasteiger partial charge in [-0.15, -0.1) is 0 Å². The predicted octanol–water partition coefficient (Wildman–Crippen LogP) is 3.30. The number of unbranched alkanes of at least 4 members (excludes halogenated alkanes) is 1. The molecule has 0 spiro atoms. The first kappa shape index (κ1) is 15.3. The van der Waals surface area contributed by atoms with E-state index in [-0.39, 0.29) is 0 Å². The molecule has 2 unspecified atom stereocenters. The second-order valence-electron chi connectivity index (χ2n) is 4.90. The molecule has 0 saturated carbocycles. The van der Waals surface area contributed by atoms with Gasteiger partial charge < -0.3 is 4.90 Å². The lowest BCUT2D eigenvalue weighted by atomic mass is 10.1. The van der Waals surface area contributed by atoms with Crippen molar-refractivity contribution in [1.82, 2.24) is 10.2 Å². The molecule has 1 aromatic rings. The first-order chi connectivity index (χ1) is 9.42. The molecule has 0 radical (unpaired) electrons. The third-order valence-electron chi connectivity index (χ3n) is 3.31. The van der Waals surface area contributed by atoms with Crippen LogP contribution in [0.15, 0.2) is 16.8 Å². The summed E-state index contributed by atoms with van der Waals surface area (Å²) in [7, 11) is 0. The van der Waals surface area contributed by atoms with Crippen LogP contribution in [0.25, 0.3) is 0 Å². The number of carbonyl (C=O) groups excluding carboxylic acids is 1. The van der Waals surface area contributed by atoms with E-state index in [0.29, 0.717) is 12.0 Å². The van der Waals surface area contributed by atoms with Gasteiger partial charge in [-0.05, 0) is 28.8 Å². The van der Waals surface area contributed by atoms with Crippen LogP contribution in [0, 0.1) is 0 Å². The molecule has 2 heterocycles. The molecule has 1 aliphatic rings. The second kappa shape index (κ2) is 6.13. The highest BCUT2D eigenvalue weighted by atomic mass is 32.1. The van der Waals surface area contributed by atoms with E-state index in [1.165, 1.54) is 11.3 Å². The van der Waals surface area contributed by atoms with Crippen LogP contribution >= 0.6 is 11.3 Å². The molecular formula is C13H17F3N2OS. The fraction of sp³-hybridized carbons (Fsp3) is 0.615. The lowest BCUT2D eigenvalue weighted by Gasteiger charge is -2.24. The van der Waals surface area contributed by atoms with Crippen LogP contribution in [0.1, 0.15) is 37.9 Å². The average molecular weight is 306 g/mol. The van der Waals surface area contributed by atoms with Gasteiger partial charge in [0, 0.05) is 0 Å². The van der Waals surface area contributed by atoms with E-state index in [0.717, 1.165) is 17.7 Å². The van der Waals surface area contributed by atoms with Gasteiger partial charge in [-0.1, -0.05) is 19.8 Å². The van der Waals surface area contributed by atoms with E-state index in [1.54, 1.807) is 16.8 Å². The quantitative estimate of drug-likeness (QED) is 0.905. The third kappa shape index (κ3) is 3.52. The Balaban J connectivity index is 2.17. The molecule has 0 aliphatic carbocycles. The normalized spacial score (nSPS) is 23.6. The van der Waals surface area contributed by atoms with Gasteiger partial charge in [-0.2, -0.15) is 24.5 Å². The van der Waals surface area contributed by atoms with Crippen molar-refractivity contribution in [2.24, 2.45) is 0 Å². The Hall–Kier alpha value is -1.08. The van der Waals surface area contributed by atoms with Crippen molar-refractivity contribution in [3.63, 3.8) is 0 Å². The molecule has 3 nitrogen and oxygen atoms in total. The lowest BCUT2D eigenvalue weighted by molar-refractivity contribution is -0.161. The highest BCUT2D eigenvalue weighted by Gasteiger charge is 2.44. The molecule has 1 amide bonds. The van der Waals surface area contributed by atoms with E-state index < -0.39 is 30.8 Å². The summed E-state index contributed by atoms with van der Waals surface area (Å²) in [6.45, 7) is 0.783. The van der Waals surface area contributed by atoms with Gasteiger partial charge in [0.15, 0.2) is 0 Å². The molecule has 20 heavy (non-hydrogen) atoms. The highest BCUT2D eigenvalue weighted by Crippen LogP contribution is 2.31. The molecule has 7 heteroatoms. The van der Waals surface area contributed by atoms with E-state index in [1.807, 2.05) is 6.92 Å². The number of thiophene rings is 1. The fourth-order valence-corrected chi connectivity index (χ4v) is 3.04. The summed E-state index contributed by atoms with van der Waals surface area (Å²) >= 11 is 1.41. The summed E-state index contributed by atoms with van der Waals surface area (Å²) in [6.07, 6.45) is -2.75. The minimum atomic E-state index is -4.38. The largest absolute Gasteiger partial charge is 0.406 e. The van der Waals surface area contributed by atoms with Crippen LogP contribution in [0.4, 0.5) is 13.2 Å². The maximum absolute atomic E-state index is 12.7. The van der Waals surface area contributed by atoms with E-state index in [2.05, 4.69) is 5.32 Å². The molecule has 1 N–H and O–H groups in total. The van der Waals surface area contributed by atoms with Crippen molar-refractivity contribution in [2.45, 2.75) is 44.6 Å². The molecule has 1 fully saturated rings. The number of halogens is 3. The summed E-state index contributed by atoms with van der Waals surface area (Å²) in [5.74, 6) is -0.452. The number of amides is 1. The standard InChI is InChI=1S/C13H17F3N2OS/c1-2-3-4-10-12(19)18(8-13(14,15)16)11(17-10)9-5-6-20-7-9/h5-7,10-11,17H,2-4,8H2,1H3. The van der Waals surface area contributed by atoms with E-state index in [9.17, 15) is 18.0 Å². The zero-order chi connectivity index (χ0) is 14.8. The molecule has 112 valence electrons. The zero-order valence-electron chi connectivity index (χ0n) is 11.1. The summed E-state index contributed by atoms with van der Waals surface area (Å²) in [5, 5.41) is 6.61. The van der Waals surface area contributed by atoms with E-state index >= 15 is 0 Å². The highest BCUT2D eigenvalue weighted by molar-refractivity contribution is 7.07. The van der Waals surface area contributed by atoms with Gasteiger partial charge in [0.25, 0.3) is 0 Å². The average Bonchev–Trinajstić information content (AvgIpc) is 2.96. The van der Waals surface area contributed by atoms with Crippen molar-refractivity contribution in [3.8, 4) is 0 Å². The Morgan fingerprint density at radius 2 is 2.20 bits per heavy atom. The van der Waals surface area contributed by atoms with Crippen molar-refractivity contribution in [1.29, 1.82) is 0 Å². The number of nitrogens with one attached hydrogen (secondary N) is 1. The number of hydrogen-bond acceptors (Lipinski definition) is 3. The van der Waals surface area contributed by atoms with Gasteiger partial charge in [0.1, 0.15) is 12.7 Å². The van der Waals surface area contributed by atoms with Gasteiger partial charge in [0.05, 0.1) is 6.04 Å². The zero-order valence-corrected chi connectivity index (χ0v) is 11.9. The Kier molecular flexibility index (Phi) is 4.70. The number of nitrogens with zero attached hydrogens (tertiary/aromatic N) is 1. The molecule has 2 atom stereocenters. The van der Waals surface area contributed by atoms with Crippen LogP contribution in [-0.2, 0) is 4.79 Å². The van der Waals surface area contributed by atoms with Crippen LogP contribution in [-0.4, -0.2) is 29.6 Å². The smallest absolute Gasteiger partial charge is 0.312 e. The number of carbonyl (C=O) groups is 1. The summed E-state index contributed by atoms with van der Waals surface area (Å²) in [4.78, 5) is 13.1. The molecule has 1 aromatic heterocycles. The first-order valence-corrected chi connectivity index (χ1v) is 7.52. The molecule has 1 saturated heterocycles. The molecular weight excluding hydrogens is 289 g/mol. The summed E-state index contributed by atoms with van der Waals surface area (Å²) < 4.78 is 38.0. The number of alkyl halides is 3. The topological polar surface area (TPSA) is 32.3 Å². The first-order valence-electron chi connectivity index (χ1n) is 6.57. The van der Waals surface area contributed by atoms with Crippen molar-refractivity contribution in [2.75, 3.05) is 6.54 Å². The monoisotopic (exact) mass is 306 g/mol. The Bertz CT molecular complexity index is 447. The van der Waals surface area contributed by atoms with E-state index in [4.69, 9.17) is 0 Å². The van der Waals surface area contributed by atoms with Gasteiger partial charge in [0.2, 0.25) is 5.91 Å². The molecule has 1 aliphatic heterocycles. The van der Waals surface area contributed by atoms with Crippen LogP contribution in [0.3, 0.4) is 0 Å². The van der Waals surface area contributed by atoms with Crippen LogP contribution in [0.5, 0.6) is 0 Å². The summed E-state index contributed by atoms with van der Waals surface area (Å²) in [5.41, 5.74) is 0.714. The van der Waals surface area contributed by atoms with Crippen molar-refractivity contribution < 1.29 is 18.0 Å².